The van der Waals surface area contributed by atoms with E-state index < -0.39 is 0 Å². The quantitative estimate of drug-likeness (QED) is 0.758. The van der Waals surface area contributed by atoms with Gasteiger partial charge >= 0.3 is 0 Å². The molecule has 0 saturated heterocycles. The molecule has 2 rings (SSSR count). The van der Waals surface area contributed by atoms with Gasteiger partial charge in [0.15, 0.2) is 0 Å². The summed E-state index contributed by atoms with van der Waals surface area (Å²) < 4.78 is 0. The van der Waals surface area contributed by atoms with E-state index in [1.54, 1.807) is 0 Å². The predicted molar refractivity (Wildman–Crippen MR) is 82.9 cm³/mol. The topological polar surface area (TPSA) is 58.2 Å². The average Bonchev–Trinajstić information content (AvgIpc) is 3.21. The van der Waals surface area contributed by atoms with E-state index in [-0.39, 0.29) is 11.8 Å². The van der Waals surface area contributed by atoms with E-state index in [1.165, 1.54) is 17.3 Å². The Morgan fingerprint density at radius 2 is 1.90 bits per heavy atom. The standard InChI is InChI=1S/C15H20N2O2S/c1-11-2-4-12(5-3-11)17-15(19)10-20-9-8-14(18)16-13-6-7-13/h2-5,13H,6-10H2,1H3,(H,16,18)(H,17,19). The molecule has 4 nitrogen and oxygen atoms in total. The third-order valence-corrected chi connectivity index (χ3v) is 3.94. The molecule has 108 valence electrons. The molecular formula is C15H20N2O2S. The van der Waals surface area contributed by atoms with Gasteiger partial charge in [0.05, 0.1) is 5.75 Å². The smallest absolute Gasteiger partial charge is 0.234 e. The number of carbonyl (C=O) groups excluding carboxylic acids is 2. The lowest BCUT2D eigenvalue weighted by Gasteiger charge is -2.06. The summed E-state index contributed by atoms with van der Waals surface area (Å²) in [7, 11) is 0. The zero-order chi connectivity index (χ0) is 14.4. The summed E-state index contributed by atoms with van der Waals surface area (Å²) in [5.74, 6) is 1.13. The molecule has 1 fully saturated rings. The first-order valence-corrected chi connectivity index (χ1v) is 8.02. The maximum atomic E-state index is 11.7. The van der Waals surface area contributed by atoms with Gasteiger partial charge in [0.25, 0.3) is 0 Å². The van der Waals surface area contributed by atoms with Crippen molar-refractivity contribution < 1.29 is 9.59 Å². The molecule has 1 saturated carbocycles. The van der Waals surface area contributed by atoms with Gasteiger partial charge in [-0.3, -0.25) is 9.59 Å². The first kappa shape index (κ1) is 14.9. The number of rotatable bonds is 7. The second-order valence-electron chi connectivity index (χ2n) is 5.06. The molecule has 1 aromatic carbocycles. The highest BCUT2D eigenvalue weighted by Crippen LogP contribution is 2.18. The van der Waals surface area contributed by atoms with Crippen molar-refractivity contribution in [1.82, 2.24) is 5.32 Å². The lowest BCUT2D eigenvalue weighted by molar-refractivity contribution is -0.120. The Hall–Kier alpha value is -1.49. The van der Waals surface area contributed by atoms with E-state index in [0.717, 1.165) is 18.5 Å². The molecule has 1 aliphatic carbocycles. The molecule has 0 spiro atoms. The number of hydrogen-bond donors (Lipinski definition) is 2. The SMILES string of the molecule is Cc1ccc(NC(=O)CSCCC(=O)NC2CC2)cc1. The first-order chi connectivity index (χ1) is 9.63. The Labute approximate surface area is 123 Å². The molecule has 2 amide bonds. The van der Waals surface area contributed by atoms with Crippen molar-refractivity contribution in [3.63, 3.8) is 0 Å². The van der Waals surface area contributed by atoms with E-state index in [1.807, 2.05) is 31.2 Å². The Morgan fingerprint density at radius 1 is 1.20 bits per heavy atom. The molecule has 2 N–H and O–H groups in total. The molecule has 0 unspecified atom stereocenters. The fourth-order valence-corrected chi connectivity index (χ4v) is 2.42. The summed E-state index contributed by atoms with van der Waals surface area (Å²) in [5, 5.41) is 5.77. The number of aryl methyl sites for hydroxylation is 1. The van der Waals surface area contributed by atoms with E-state index in [4.69, 9.17) is 0 Å². The number of amides is 2. The number of hydrogen-bond acceptors (Lipinski definition) is 3. The summed E-state index contributed by atoms with van der Waals surface area (Å²) in [6.07, 6.45) is 2.70. The fourth-order valence-electron chi connectivity index (χ4n) is 1.69. The molecule has 20 heavy (non-hydrogen) atoms. The summed E-state index contributed by atoms with van der Waals surface area (Å²) in [6.45, 7) is 2.01. The summed E-state index contributed by atoms with van der Waals surface area (Å²) in [4.78, 5) is 23.1. The van der Waals surface area contributed by atoms with Crippen LogP contribution in [0.1, 0.15) is 24.8 Å². The molecule has 1 aliphatic rings. The Kier molecular flexibility index (Phi) is 5.47. The van der Waals surface area contributed by atoms with Crippen molar-refractivity contribution in [3.05, 3.63) is 29.8 Å². The van der Waals surface area contributed by atoms with Crippen LogP contribution in [0.2, 0.25) is 0 Å². The molecule has 0 aliphatic heterocycles. The van der Waals surface area contributed by atoms with Gasteiger partial charge in [0.1, 0.15) is 0 Å². The molecule has 0 atom stereocenters. The lowest BCUT2D eigenvalue weighted by atomic mass is 10.2. The van der Waals surface area contributed by atoms with Crippen LogP contribution in [0.5, 0.6) is 0 Å². The van der Waals surface area contributed by atoms with Gasteiger partial charge in [0, 0.05) is 23.9 Å². The number of nitrogens with one attached hydrogen (secondary N) is 2. The summed E-state index contributed by atoms with van der Waals surface area (Å²) >= 11 is 1.49. The highest BCUT2D eigenvalue weighted by molar-refractivity contribution is 7.99. The zero-order valence-electron chi connectivity index (χ0n) is 11.6. The zero-order valence-corrected chi connectivity index (χ0v) is 12.5. The predicted octanol–water partition coefficient (Wildman–Crippen LogP) is 2.34. The number of anilines is 1. The second kappa shape index (κ2) is 7.33. The van der Waals surface area contributed by atoms with Gasteiger partial charge in [-0.25, -0.2) is 0 Å². The maximum Gasteiger partial charge on any atom is 0.234 e. The number of benzene rings is 1. The van der Waals surface area contributed by atoms with Gasteiger partial charge in [-0.05, 0) is 31.9 Å². The van der Waals surface area contributed by atoms with Crippen molar-refractivity contribution in [3.8, 4) is 0 Å². The minimum absolute atomic E-state index is 0.0264. The molecular weight excluding hydrogens is 272 g/mol. The minimum Gasteiger partial charge on any atom is -0.353 e. The van der Waals surface area contributed by atoms with Crippen molar-refractivity contribution in [2.45, 2.75) is 32.2 Å². The van der Waals surface area contributed by atoms with E-state index in [0.29, 0.717) is 24.0 Å². The van der Waals surface area contributed by atoms with Crippen LogP contribution in [0.4, 0.5) is 5.69 Å². The van der Waals surface area contributed by atoms with Gasteiger partial charge in [0.2, 0.25) is 11.8 Å². The monoisotopic (exact) mass is 292 g/mol. The largest absolute Gasteiger partial charge is 0.353 e. The Morgan fingerprint density at radius 3 is 2.55 bits per heavy atom. The third-order valence-electron chi connectivity index (χ3n) is 2.98. The molecule has 1 aromatic rings. The normalized spacial score (nSPS) is 13.8. The number of carbonyl (C=O) groups is 2. The minimum atomic E-state index is -0.0264. The van der Waals surface area contributed by atoms with Crippen molar-refractivity contribution >= 4 is 29.3 Å². The van der Waals surface area contributed by atoms with E-state index in [2.05, 4.69) is 10.6 Å². The van der Waals surface area contributed by atoms with Gasteiger partial charge < -0.3 is 10.6 Å². The Bertz CT molecular complexity index is 469. The summed E-state index contributed by atoms with van der Waals surface area (Å²) in [5.41, 5.74) is 1.98. The van der Waals surface area contributed by atoms with E-state index >= 15 is 0 Å². The molecule has 5 heteroatoms. The van der Waals surface area contributed by atoms with Crippen LogP contribution in [-0.4, -0.2) is 29.4 Å². The summed E-state index contributed by atoms with van der Waals surface area (Å²) in [6, 6.07) is 8.12. The molecule has 0 heterocycles. The highest BCUT2D eigenvalue weighted by atomic mass is 32.2. The fraction of sp³-hybridized carbons (Fsp3) is 0.467. The van der Waals surface area contributed by atoms with Crippen LogP contribution >= 0.6 is 11.8 Å². The van der Waals surface area contributed by atoms with Crippen LogP contribution in [0.25, 0.3) is 0 Å². The van der Waals surface area contributed by atoms with E-state index in [9.17, 15) is 9.59 Å². The molecule has 0 aromatic heterocycles. The van der Waals surface area contributed by atoms with Crippen molar-refractivity contribution in [1.29, 1.82) is 0 Å². The molecule has 0 bridgehead atoms. The van der Waals surface area contributed by atoms with Crippen molar-refractivity contribution in [2.75, 3.05) is 16.8 Å². The lowest BCUT2D eigenvalue weighted by Crippen LogP contribution is -2.25. The molecule has 0 radical (unpaired) electrons. The number of thioether (sulfide) groups is 1. The second-order valence-corrected chi connectivity index (χ2v) is 6.16. The van der Waals surface area contributed by atoms with Crippen LogP contribution in [0.3, 0.4) is 0 Å². The maximum absolute atomic E-state index is 11.7. The van der Waals surface area contributed by atoms with Gasteiger partial charge in [-0.1, -0.05) is 17.7 Å². The van der Waals surface area contributed by atoms with Crippen LogP contribution in [-0.2, 0) is 9.59 Å². The van der Waals surface area contributed by atoms with Crippen LogP contribution in [0, 0.1) is 6.92 Å². The average molecular weight is 292 g/mol. The van der Waals surface area contributed by atoms with Crippen molar-refractivity contribution in [2.24, 2.45) is 0 Å². The van der Waals surface area contributed by atoms with Crippen LogP contribution < -0.4 is 10.6 Å². The van der Waals surface area contributed by atoms with Gasteiger partial charge in [-0.15, -0.1) is 0 Å². The first-order valence-electron chi connectivity index (χ1n) is 6.87. The highest BCUT2D eigenvalue weighted by Gasteiger charge is 2.22. The van der Waals surface area contributed by atoms with Gasteiger partial charge in [-0.2, -0.15) is 11.8 Å². The van der Waals surface area contributed by atoms with Crippen LogP contribution in [0.15, 0.2) is 24.3 Å². The Balaban J connectivity index is 1.57. The third kappa shape index (κ3) is 5.65.